The molecule has 1 aliphatic carbocycles. The van der Waals surface area contributed by atoms with Crippen LogP contribution in [0.1, 0.15) is 53.2 Å². The van der Waals surface area contributed by atoms with Gasteiger partial charge in [0.25, 0.3) is 5.91 Å². The Hall–Kier alpha value is -2.70. The molecule has 2 aromatic heterocycles. The molecule has 0 spiro atoms. The molecule has 1 aliphatic rings. The second kappa shape index (κ2) is 7.92. The molecule has 1 saturated carbocycles. The molecule has 0 radical (unpaired) electrons. The summed E-state index contributed by atoms with van der Waals surface area (Å²) in [6, 6.07) is 0.940. The van der Waals surface area contributed by atoms with Crippen molar-refractivity contribution in [3.05, 3.63) is 47.8 Å². The zero-order chi connectivity index (χ0) is 17.6. The number of rotatable bonds is 6. The second-order valence-electron chi connectivity index (χ2n) is 6.27. The fourth-order valence-corrected chi connectivity index (χ4v) is 3.36. The first-order chi connectivity index (χ1) is 12.2. The van der Waals surface area contributed by atoms with E-state index in [1.54, 1.807) is 24.7 Å². The van der Waals surface area contributed by atoms with Gasteiger partial charge < -0.3 is 15.0 Å². The molecule has 0 aliphatic heterocycles. The van der Waals surface area contributed by atoms with Gasteiger partial charge in [-0.25, -0.2) is 9.78 Å². The molecule has 2 aromatic rings. The normalized spacial score (nSPS) is 15.7. The number of H-pyrrole nitrogens is 1. The Bertz CT molecular complexity index is 724. The molecule has 1 atom stereocenters. The molecule has 0 bridgehead atoms. The molecule has 2 heterocycles. The van der Waals surface area contributed by atoms with Crippen LogP contribution in [0.2, 0.25) is 0 Å². The van der Waals surface area contributed by atoms with Gasteiger partial charge in [-0.2, -0.15) is 0 Å². The van der Waals surface area contributed by atoms with Crippen molar-refractivity contribution in [2.45, 2.75) is 44.1 Å². The van der Waals surface area contributed by atoms with Crippen LogP contribution in [-0.4, -0.2) is 40.0 Å². The van der Waals surface area contributed by atoms with Gasteiger partial charge in [-0.3, -0.25) is 9.78 Å². The summed E-state index contributed by atoms with van der Waals surface area (Å²) in [6.07, 6.45) is 11.3. The lowest BCUT2D eigenvalue weighted by Crippen LogP contribution is -2.43. The molecule has 132 valence electrons. The lowest BCUT2D eigenvalue weighted by molar-refractivity contribution is -0.142. The van der Waals surface area contributed by atoms with E-state index in [1.165, 1.54) is 26.3 Å². The number of imidazole rings is 1. The number of esters is 1. The van der Waals surface area contributed by atoms with Gasteiger partial charge in [0.15, 0.2) is 0 Å². The first kappa shape index (κ1) is 17.1. The number of nitrogens with zero attached hydrogens (tertiary/aromatic N) is 2. The molecular weight excluding hydrogens is 320 g/mol. The van der Waals surface area contributed by atoms with Crippen LogP contribution in [0.5, 0.6) is 0 Å². The average Bonchev–Trinajstić information content (AvgIpc) is 3.34. The van der Waals surface area contributed by atoms with Crippen LogP contribution >= 0.6 is 0 Å². The number of carbonyl (C=O) groups is 2. The van der Waals surface area contributed by atoms with Gasteiger partial charge in [0, 0.05) is 36.3 Å². The Labute approximate surface area is 146 Å². The van der Waals surface area contributed by atoms with Crippen molar-refractivity contribution < 1.29 is 14.3 Å². The molecular formula is C18H22N4O3. The van der Waals surface area contributed by atoms with Gasteiger partial charge in [-0.05, 0) is 30.4 Å². The minimum absolute atomic E-state index is 0.279. The Morgan fingerprint density at radius 2 is 2.12 bits per heavy atom. The van der Waals surface area contributed by atoms with E-state index >= 15 is 0 Å². The molecule has 0 aromatic carbocycles. The maximum Gasteiger partial charge on any atom is 0.328 e. The van der Waals surface area contributed by atoms with Gasteiger partial charge >= 0.3 is 5.97 Å². The van der Waals surface area contributed by atoms with Crippen molar-refractivity contribution in [1.82, 2.24) is 20.3 Å². The van der Waals surface area contributed by atoms with Crippen LogP contribution in [0.25, 0.3) is 0 Å². The summed E-state index contributed by atoms with van der Waals surface area (Å²) < 4.78 is 4.83. The first-order valence-electron chi connectivity index (χ1n) is 8.49. The number of ether oxygens (including phenoxy) is 1. The molecule has 7 heteroatoms. The zero-order valence-corrected chi connectivity index (χ0v) is 14.2. The summed E-state index contributed by atoms with van der Waals surface area (Å²) in [6.45, 7) is 0. The van der Waals surface area contributed by atoms with Gasteiger partial charge in [-0.15, -0.1) is 0 Å². The Morgan fingerprint density at radius 3 is 2.80 bits per heavy atom. The Balaban J connectivity index is 1.78. The third-order valence-electron chi connectivity index (χ3n) is 4.66. The highest BCUT2D eigenvalue weighted by Crippen LogP contribution is 2.35. The van der Waals surface area contributed by atoms with E-state index in [2.05, 4.69) is 20.3 Å². The predicted octanol–water partition coefficient (Wildman–Crippen LogP) is 1.98. The molecule has 0 saturated heterocycles. The molecule has 0 unspecified atom stereocenters. The van der Waals surface area contributed by atoms with E-state index in [4.69, 9.17) is 4.74 Å². The Kier molecular flexibility index (Phi) is 5.42. The minimum atomic E-state index is -0.775. The number of methoxy groups -OCH3 is 1. The predicted molar refractivity (Wildman–Crippen MR) is 91.0 cm³/mol. The average molecular weight is 342 g/mol. The number of amides is 1. The molecule has 1 amide bonds. The summed E-state index contributed by atoms with van der Waals surface area (Å²) in [5.41, 5.74) is 2.30. The van der Waals surface area contributed by atoms with Crippen LogP contribution in [0.3, 0.4) is 0 Å². The lowest BCUT2D eigenvalue weighted by Gasteiger charge is -2.18. The fraction of sp³-hybridized carbons (Fsp3) is 0.444. The number of hydrogen-bond acceptors (Lipinski definition) is 5. The highest BCUT2D eigenvalue weighted by atomic mass is 16.5. The van der Waals surface area contributed by atoms with Crippen LogP contribution in [0.15, 0.2) is 31.0 Å². The molecule has 1 fully saturated rings. The minimum Gasteiger partial charge on any atom is -0.467 e. The van der Waals surface area contributed by atoms with E-state index in [-0.39, 0.29) is 5.91 Å². The van der Waals surface area contributed by atoms with Crippen molar-refractivity contribution >= 4 is 11.9 Å². The smallest absolute Gasteiger partial charge is 0.328 e. The Morgan fingerprint density at radius 1 is 1.32 bits per heavy atom. The van der Waals surface area contributed by atoms with Crippen molar-refractivity contribution in [2.24, 2.45) is 0 Å². The maximum atomic E-state index is 12.8. The van der Waals surface area contributed by atoms with Crippen LogP contribution in [0, 0.1) is 0 Å². The molecule has 7 nitrogen and oxygen atoms in total. The van der Waals surface area contributed by atoms with E-state index in [9.17, 15) is 9.59 Å². The summed E-state index contributed by atoms with van der Waals surface area (Å²) >= 11 is 0. The molecule has 2 N–H and O–H groups in total. The summed E-state index contributed by atoms with van der Waals surface area (Å²) in [4.78, 5) is 35.9. The number of aromatic amines is 1. The summed E-state index contributed by atoms with van der Waals surface area (Å²) in [5.74, 6) is -0.405. The maximum absolute atomic E-state index is 12.8. The molecule has 3 rings (SSSR count). The third-order valence-corrected chi connectivity index (χ3v) is 4.66. The highest BCUT2D eigenvalue weighted by molar-refractivity contribution is 5.98. The van der Waals surface area contributed by atoms with E-state index in [1.807, 2.05) is 0 Å². The van der Waals surface area contributed by atoms with Crippen molar-refractivity contribution in [2.75, 3.05) is 7.11 Å². The quantitative estimate of drug-likeness (QED) is 0.782. The van der Waals surface area contributed by atoms with Gasteiger partial charge in [0.1, 0.15) is 6.04 Å². The van der Waals surface area contributed by atoms with Crippen molar-refractivity contribution in [3.8, 4) is 0 Å². The standard InChI is InChI=1S/C18H22N4O3/c1-25-18(24)16(8-13-9-20-11-21-13)22-17(23)14-6-7-19-10-15(14)12-4-2-3-5-12/h6-7,9-12,16H,2-5,8H2,1H3,(H,20,21)(H,22,23)/t16-/m1/s1. The highest BCUT2D eigenvalue weighted by Gasteiger charge is 2.27. The van der Waals surface area contributed by atoms with Crippen molar-refractivity contribution in [1.29, 1.82) is 0 Å². The van der Waals surface area contributed by atoms with Crippen LogP contribution in [-0.2, 0) is 16.0 Å². The van der Waals surface area contributed by atoms with Gasteiger partial charge in [-0.1, -0.05) is 12.8 Å². The lowest BCUT2D eigenvalue weighted by atomic mass is 9.94. The number of pyridine rings is 1. The zero-order valence-electron chi connectivity index (χ0n) is 14.2. The second-order valence-corrected chi connectivity index (χ2v) is 6.27. The van der Waals surface area contributed by atoms with E-state index < -0.39 is 12.0 Å². The third kappa shape index (κ3) is 4.04. The van der Waals surface area contributed by atoms with E-state index in [0.29, 0.717) is 17.9 Å². The number of aromatic nitrogens is 3. The van der Waals surface area contributed by atoms with Crippen LogP contribution < -0.4 is 5.32 Å². The number of hydrogen-bond donors (Lipinski definition) is 2. The summed E-state index contributed by atoms with van der Waals surface area (Å²) in [5, 5.41) is 2.80. The van der Waals surface area contributed by atoms with Gasteiger partial charge in [0.05, 0.1) is 13.4 Å². The molecule has 25 heavy (non-hydrogen) atoms. The SMILES string of the molecule is COC(=O)[C@@H](Cc1cnc[nH]1)NC(=O)c1ccncc1C1CCCC1. The largest absolute Gasteiger partial charge is 0.467 e. The number of nitrogens with one attached hydrogen (secondary N) is 2. The van der Waals surface area contributed by atoms with Crippen LogP contribution in [0.4, 0.5) is 0 Å². The van der Waals surface area contributed by atoms with Gasteiger partial charge in [0.2, 0.25) is 0 Å². The fourth-order valence-electron chi connectivity index (χ4n) is 3.36. The number of carbonyl (C=O) groups excluding carboxylic acids is 2. The van der Waals surface area contributed by atoms with Crippen molar-refractivity contribution in [3.63, 3.8) is 0 Å². The first-order valence-corrected chi connectivity index (χ1v) is 8.49. The topological polar surface area (TPSA) is 97.0 Å². The van der Waals surface area contributed by atoms with E-state index in [0.717, 1.165) is 24.1 Å². The monoisotopic (exact) mass is 342 g/mol. The summed E-state index contributed by atoms with van der Waals surface area (Å²) in [7, 11) is 1.31.